The second-order valence-electron chi connectivity index (χ2n) is 7.41. The van der Waals surface area contributed by atoms with Gasteiger partial charge in [0, 0.05) is 28.3 Å². The molecule has 5 nitrogen and oxygen atoms in total. The monoisotopic (exact) mass is 523 g/mol. The summed E-state index contributed by atoms with van der Waals surface area (Å²) in [6.07, 6.45) is 3.38. The van der Waals surface area contributed by atoms with Gasteiger partial charge in [-0.05, 0) is 66.5 Å². The molecule has 0 unspecified atom stereocenters. The highest BCUT2D eigenvalue weighted by Crippen LogP contribution is 2.38. The van der Waals surface area contributed by atoms with E-state index in [2.05, 4.69) is 62.3 Å². The average Bonchev–Trinajstić information content (AvgIpc) is 2.63. The van der Waals surface area contributed by atoms with Crippen molar-refractivity contribution in [3.05, 3.63) is 61.8 Å². The van der Waals surface area contributed by atoms with Gasteiger partial charge >= 0.3 is 0 Å². The van der Waals surface area contributed by atoms with E-state index in [1.807, 2.05) is 18.9 Å². The van der Waals surface area contributed by atoms with Crippen molar-refractivity contribution in [2.45, 2.75) is 26.3 Å². The summed E-state index contributed by atoms with van der Waals surface area (Å²) >= 11 is 6.44. The number of nitrogens with one attached hydrogen (secondary N) is 1. The van der Waals surface area contributed by atoms with E-state index in [0.29, 0.717) is 8.95 Å². The van der Waals surface area contributed by atoms with Gasteiger partial charge in [0.1, 0.15) is 11.6 Å². The number of hydrogen-bond donors (Lipinski definition) is 2. The van der Waals surface area contributed by atoms with Crippen LogP contribution in [0.4, 0.5) is 10.1 Å². The third-order valence-electron chi connectivity index (χ3n) is 4.98. The van der Waals surface area contributed by atoms with Crippen LogP contribution in [-0.4, -0.2) is 29.8 Å². The number of phenolic OH excluding ortho intramolecular Hbond substituents is 1. The molecule has 0 fully saturated rings. The third-order valence-corrected chi connectivity index (χ3v) is 6.04. The van der Waals surface area contributed by atoms with Gasteiger partial charge in [-0.2, -0.15) is 5.10 Å². The quantitative estimate of drug-likeness (QED) is 0.414. The molecule has 0 bridgehead atoms. The molecule has 8 heteroatoms. The molecular formula is C21H20Br2FN3O2. The molecule has 0 radical (unpaired) electrons. The van der Waals surface area contributed by atoms with Crippen molar-refractivity contribution in [3.8, 4) is 5.75 Å². The first kappa shape index (κ1) is 21.5. The van der Waals surface area contributed by atoms with Gasteiger partial charge < -0.3 is 10.0 Å². The van der Waals surface area contributed by atoms with Crippen LogP contribution in [0.3, 0.4) is 0 Å². The van der Waals surface area contributed by atoms with Crippen molar-refractivity contribution in [2.75, 3.05) is 11.9 Å². The van der Waals surface area contributed by atoms with Crippen LogP contribution in [0.5, 0.6) is 5.75 Å². The lowest BCUT2D eigenvalue weighted by molar-refractivity contribution is 0.0952. The topological polar surface area (TPSA) is 64.9 Å². The predicted molar refractivity (Wildman–Crippen MR) is 121 cm³/mol. The molecule has 0 spiro atoms. The number of hydrogen-bond acceptors (Lipinski definition) is 4. The van der Waals surface area contributed by atoms with Gasteiger partial charge in [0.05, 0.1) is 21.8 Å². The number of nitrogens with zero attached hydrogens (tertiary/aromatic N) is 2. The summed E-state index contributed by atoms with van der Waals surface area (Å²) in [5.74, 6) is -1.25. The number of carbonyl (C=O) groups excluding carboxylic acids is 1. The van der Waals surface area contributed by atoms with Crippen LogP contribution >= 0.6 is 31.9 Å². The largest absolute Gasteiger partial charge is 0.506 e. The Bertz CT molecular complexity index is 1060. The number of hydrazone groups is 1. The highest BCUT2D eigenvalue weighted by molar-refractivity contribution is 9.11. The first-order valence-electron chi connectivity index (χ1n) is 8.80. The van der Waals surface area contributed by atoms with Crippen LogP contribution in [-0.2, 0) is 0 Å². The molecule has 2 aromatic rings. The van der Waals surface area contributed by atoms with E-state index < -0.39 is 11.7 Å². The third kappa shape index (κ3) is 4.23. The molecule has 0 saturated heterocycles. The predicted octanol–water partition coefficient (Wildman–Crippen LogP) is 5.45. The summed E-state index contributed by atoms with van der Waals surface area (Å²) < 4.78 is 15.6. The zero-order valence-electron chi connectivity index (χ0n) is 16.3. The van der Waals surface area contributed by atoms with E-state index in [0.717, 1.165) is 16.8 Å². The molecular weight excluding hydrogens is 505 g/mol. The molecule has 29 heavy (non-hydrogen) atoms. The maximum Gasteiger partial charge on any atom is 0.275 e. The van der Waals surface area contributed by atoms with Gasteiger partial charge in [0.15, 0.2) is 0 Å². The molecule has 3 rings (SSSR count). The molecule has 152 valence electrons. The zero-order valence-corrected chi connectivity index (χ0v) is 19.5. The van der Waals surface area contributed by atoms with Gasteiger partial charge in [0.2, 0.25) is 0 Å². The van der Waals surface area contributed by atoms with E-state index in [-0.39, 0.29) is 22.4 Å². The van der Waals surface area contributed by atoms with E-state index >= 15 is 0 Å². The number of benzene rings is 2. The molecule has 1 aliphatic rings. The van der Waals surface area contributed by atoms with Crippen molar-refractivity contribution in [1.82, 2.24) is 5.43 Å². The van der Waals surface area contributed by atoms with E-state index in [1.165, 1.54) is 18.3 Å². The standard InChI is InChI=1S/C21H20Br2FN3O2/c1-11-9-21(2,3)27(4)18-8-17(24)12(5-14(11)18)10-25-26-20(29)15-6-13(22)7-16(23)19(15)28/h5-10,28H,1-4H3,(H,26,29)/b25-10-. The highest BCUT2D eigenvalue weighted by Gasteiger charge is 2.29. The molecule has 0 atom stereocenters. The number of phenols is 1. The number of carbonyl (C=O) groups is 1. The Morgan fingerprint density at radius 1 is 1.28 bits per heavy atom. The van der Waals surface area contributed by atoms with Crippen LogP contribution in [0, 0.1) is 5.82 Å². The summed E-state index contributed by atoms with van der Waals surface area (Å²) in [5.41, 5.74) is 5.16. The Balaban J connectivity index is 1.86. The summed E-state index contributed by atoms with van der Waals surface area (Å²) in [5, 5.41) is 13.9. The lowest BCUT2D eigenvalue weighted by Crippen LogP contribution is -2.42. The summed E-state index contributed by atoms with van der Waals surface area (Å²) in [7, 11) is 1.93. The Labute approximate surface area is 185 Å². The SMILES string of the molecule is CC1=CC(C)(C)N(C)c2cc(F)c(/C=N\NC(=O)c3cc(Br)cc(Br)c3O)cc21. The van der Waals surface area contributed by atoms with E-state index in [4.69, 9.17) is 0 Å². The number of halogens is 3. The van der Waals surface area contributed by atoms with Crippen LogP contribution in [0.2, 0.25) is 0 Å². The van der Waals surface area contributed by atoms with Gasteiger partial charge in [-0.1, -0.05) is 22.0 Å². The minimum Gasteiger partial charge on any atom is -0.506 e. The maximum atomic E-state index is 14.6. The number of amides is 1. The summed E-state index contributed by atoms with van der Waals surface area (Å²) in [4.78, 5) is 14.3. The molecule has 0 saturated carbocycles. The van der Waals surface area contributed by atoms with Crippen molar-refractivity contribution in [3.63, 3.8) is 0 Å². The van der Waals surface area contributed by atoms with E-state index in [1.54, 1.807) is 12.1 Å². The van der Waals surface area contributed by atoms with Gasteiger partial charge in [0.25, 0.3) is 5.91 Å². The number of likely N-dealkylation sites (N-methyl/N-ethyl adjacent to an activating group) is 1. The zero-order chi connectivity index (χ0) is 21.5. The average molecular weight is 525 g/mol. The summed E-state index contributed by atoms with van der Waals surface area (Å²) in [6, 6.07) is 6.28. The fourth-order valence-corrected chi connectivity index (χ4v) is 4.47. The first-order valence-corrected chi connectivity index (χ1v) is 10.4. The molecule has 1 aliphatic heterocycles. The maximum absolute atomic E-state index is 14.6. The lowest BCUT2D eigenvalue weighted by atomic mass is 9.88. The molecule has 1 heterocycles. The molecule has 2 N–H and O–H groups in total. The van der Waals surface area contributed by atoms with Crippen LogP contribution in [0.15, 0.2) is 44.4 Å². The Hall–Kier alpha value is -2.19. The van der Waals surface area contributed by atoms with Crippen LogP contribution < -0.4 is 10.3 Å². The van der Waals surface area contributed by atoms with Gasteiger partial charge in [-0.3, -0.25) is 4.79 Å². The van der Waals surface area contributed by atoms with E-state index in [9.17, 15) is 14.3 Å². The minimum absolute atomic E-state index is 0.0388. The summed E-state index contributed by atoms with van der Waals surface area (Å²) in [6.45, 7) is 6.12. The normalized spacial score (nSPS) is 15.3. The fraction of sp³-hybridized carbons (Fsp3) is 0.238. The van der Waals surface area contributed by atoms with Gasteiger partial charge in [-0.25, -0.2) is 9.82 Å². The number of anilines is 1. The highest BCUT2D eigenvalue weighted by atomic mass is 79.9. The number of allylic oxidation sites excluding steroid dienone is 1. The Kier molecular flexibility index (Phi) is 5.87. The fourth-order valence-electron chi connectivity index (χ4n) is 3.25. The minimum atomic E-state index is -0.614. The number of aromatic hydroxyl groups is 1. The molecule has 2 aromatic carbocycles. The molecule has 0 aromatic heterocycles. The van der Waals surface area contributed by atoms with Crippen molar-refractivity contribution < 1.29 is 14.3 Å². The molecule has 1 amide bonds. The number of fused-ring (bicyclic) bond motifs is 1. The Morgan fingerprint density at radius 3 is 2.66 bits per heavy atom. The number of rotatable bonds is 3. The Morgan fingerprint density at radius 2 is 1.97 bits per heavy atom. The molecule has 0 aliphatic carbocycles. The van der Waals surface area contributed by atoms with Crippen molar-refractivity contribution >= 4 is 55.2 Å². The smallest absolute Gasteiger partial charge is 0.275 e. The van der Waals surface area contributed by atoms with Crippen LogP contribution in [0.1, 0.15) is 42.3 Å². The van der Waals surface area contributed by atoms with Crippen molar-refractivity contribution in [1.29, 1.82) is 0 Å². The first-order chi connectivity index (χ1) is 13.5. The second kappa shape index (κ2) is 7.91. The lowest BCUT2D eigenvalue weighted by Gasteiger charge is -2.40. The van der Waals surface area contributed by atoms with Crippen LogP contribution in [0.25, 0.3) is 5.57 Å². The second-order valence-corrected chi connectivity index (χ2v) is 9.18. The van der Waals surface area contributed by atoms with Crippen molar-refractivity contribution in [2.24, 2.45) is 5.10 Å². The van der Waals surface area contributed by atoms with Gasteiger partial charge in [-0.15, -0.1) is 0 Å².